The number of carbonyl (C=O) groups is 2. The van der Waals surface area contributed by atoms with Crippen molar-refractivity contribution in [3.05, 3.63) is 59.7 Å². The second kappa shape index (κ2) is 8.89. The predicted octanol–water partition coefficient (Wildman–Crippen LogP) is 2.87. The van der Waals surface area contributed by atoms with Gasteiger partial charge in [0.15, 0.2) is 6.10 Å². The van der Waals surface area contributed by atoms with E-state index in [4.69, 9.17) is 9.47 Å². The number of methoxy groups -OCH3 is 1. The first-order valence-corrected chi connectivity index (χ1v) is 8.33. The number of phenols is 1. The molecule has 138 valence electrons. The summed E-state index contributed by atoms with van der Waals surface area (Å²) in [5, 5.41) is 12.6. The van der Waals surface area contributed by atoms with E-state index in [0.717, 1.165) is 5.56 Å². The van der Waals surface area contributed by atoms with Crippen LogP contribution in [0.5, 0.6) is 11.5 Å². The molecule has 0 unspecified atom stereocenters. The quantitative estimate of drug-likeness (QED) is 0.745. The topological polar surface area (TPSA) is 84.9 Å². The smallest absolute Gasteiger partial charge is 0.342 e. The maximum absolute atomic E-state index is 12.2. The molecule has 0 radical (unpaired) electrons. The Morgan fingerprint density at radius 1 is 1.12 bits per heavy atom. The highest BCUT2D eigenvalue weighted by Gasteiger charge is 2.21. The van der Waals surface area contributed by atoms with Gasteiger partial charge in [0.2, 0.25) is 0 Å². The summed E-state index contributed by atoms with van der Waals surface area (Å²) in [6, 6.07) is 14.0. The van der Waals surface area contributed by atoms with E-state index in [2.05, 4.69) is 5.32 Å². The van der Waals surface area contributed by atoms with Gasteiger partial charge < -0.3 is 19.9 Å². The standard InChI is InChI=1S/C20H23NO5/c1-13(15-7-5-4-6-8-15)12-21-19(23)14(2)26-20(24)17-10-9-16(25-3)11-18(17)22/h4-11,13-14,22H,12H2,1-3H3,(H,21,23)/t13-,14+/m1/s1. The minimum Gasteiger partial charge on any atom is -0.507 e. The highest BCUT2D eigenvalue weighted by atomic mass is 16.5. The summed E-state index contributed by atoms with van der Waals surface area (Å²) in [6.45, 7) is 3.92. The van der Waals surface area contributed by atoms with E-state index in [1.807, 2.05) is 37.3 Å². The number of ether oxygens (including phenoxy) is 2. The minimum absolute atomic E-state index is 0.0249. The lowest BCUT2D eigenvalue weighted by Gasteiger charge is -2.17. The molecule has 2 aromatic rings. The molecule has 6 nitrogen and oxygen atoms in total. The molecule has 0 aliphatic rings. The molecule has 0 spiro atoms. The minimum atomic E-state index is -0.980. The summed E-state index contributed by atoms with van der Waals surface area (Å²) in [4.78, 5) is 24.3. The maximum Gasteiger partial charge on any atom is 0.342 e. The summed E-state index contributed by atoms with van der Waals surface area (Å²) < 4.78 is 10.1. The number of rotatable bonds is 7. The van der Waals surface area contributed by atoms with Crippen LogP contribution >= 0.6 is 0 Å². The Balaban J connectivity index is 1.89. The van der Waals surface area contributed by atoms with Gasteiger partial charge in [0.25, 0.3) is 5.91 Å². The molecule has 0 saturated heterocycles. The molecule has 0 aromatic heterocycles. The summed E-state index contributed by atoms with van der Waals surface area (Å²) >= 11 is 0. The largest absolute Gasteiger partial charge is 0.507 e. The number of hydrogen-bond donors (Lipinski definition) is 2. The molecule has 0 aliphatic carbocycles. The van der Waals surface area contributed by atoms with Gasteiger partial charge in [0.1, 0.15) is 17.1 Å². The van der Waals surface area contributed by atoms with Crippen LogP contribution in [0.15, 0.2) is 48.5 Å². The van der Waals surface area contributed by atoms with Crippen LogP contribution in [0.1, 0.15) is 35.7 Å². The van der Waals surface area contributed by atoms with E-state index >= 15 is 0 Å². The molecule has 0 heterocycles. The molecule has 2 N–H and O–H groups in total. The van der Waals surface area contributed by atoms with Crippen LogP contribution in [0.25, 0.3) is 0 Å². The Hall–Kier alpha value is -3.02. The van der Waals surface area contributed by atoms with Crippen LogP contribution in [-0.4, -0.2) is 36.7 Å². The number of amides is 1. The highest BCUT2D eigenvalue weighted by molar-refractivity contribution is 5.94. The Kier molecular flexibility index (Phi) is 6.60. The lowest BCUT2D eigenvalue weighted by atomic mass is 10.0. The maximum atomic E-state index is 12.2. The fraction of sp³-hybridized carbons (Fsp3) is 0.300. The summed E-state index contributed by atoms with van der Waals surface area (Å²) in [5.74, 6) is -0.883. The molecule has 0 fully saturated rings. The fourth-order valence-corrected chi connectivity index (χ4v) is 2.39. The average molecular weight is 357 g/mol. The van der Waals surface area contributed by atoms with E-state index in [1.54, 1.807) is 0 Å². The summed E-state index contributed by atoms with van der Waals surface area (Å²) in [6.07, 6.45) is -0.980. The SMILES string of the molecule is COc1ccc(C(=O)O[C@@H](C)C(=O)NC[C@@H](C)c2ccccc2)c(O)c1. The van der Waals surface area contributed by atoms with E-state index in [9.17, 15) is 14.7 Å². The molecule has 0 aliphatic heterocycles. The zero-order valence-electron chi connectivity index (χ0n) is 15.1. The molecule has 1 amide bonds. The number of aromatic hydroxyl groups is 1. The zero-order chi connectivity index (χ0) is 19.1. The van der Waals surface area contributed by atoms with Gasteiger partial charge in [-0.1, -0.05) is 37.3 Å². The van der Waals surface area contributed by atoms with Gasteiger partial charge in [-0.3, -0.25) is 4.79 Å². The van der Waals surface area contributed by atoms with Gasteiger partial charge in [-0.2, -0.15) is 0 Å². The highest BCUT2D eigenvalue weighted by Crippen LogP contribution is 2.24. The number of hydrogen-bond acceptors (Lipinski definition) is 5. The Morgan fingerprint density at radius 3 is 2.42 bits per heavy atom. The van der Waals surface area contributed by atoms with Gasteiger partial charge in [-0.15, -0.1) is 0 Å². The van der Waals surface area contributed by atoms with Crippen molar-refractivity contribution in [3.63, 3.8) is 0 Å². The monoisotopic (exact) mass is 357 g/mol. The van der Waals surface area contributed by atoms with Crippen LogP contribution in [0, 0.1) is 0 Å². The molecule has 2 aromatic carbocycles. The first-order valence-electron chi connectivity index (χ1n) is 8.33. The van der Waals surface area contributed by atoms with Gasteiger partial charge in [-0.05, 0) is 30.5 Å². The lowest BCUT2D eigenvalue weighted by Crippen LogP contribution is -2.37. The van der Waals surface area contributed by atoms with Crippen molar-refractivity contribution in [2.45, 2.75) is 25.9 Å². The molecule has 2 rings (SSSR count). The Morgan fingerprint density at radius 2 is 1.81 bits per heavy atom. The summed E-state index contributed by atoms with van der Waals surface area (Å²) in [5.41, 5.74) is 1.09. The van der Waals surface area contributed by atoms with Crippen molar-refractivity contribution in [2.24, 2.45) is 0 Å². The first-order chi connectivity index (χ1) is 12.4. The van der Waals surface area contributed by atoms with Crippen LogP contribution in [-0.2, 0) is 9.53 Å². The molecular weight excluding hydrogens is 334 g/mol. The zero-order valence-corrected chi connectivity index (χ0v) is 15.1. The summed E-state index contributed by atoms with van der Waals surface area (Å²) in [7, 11) is 1.45. The fourth-order valence-electron chi connectivity index (χ4n) is 2.39. The second-order valence-corrected chi connectivity index (χ2v) is 5.99. The van der Waals surface area contributed by atoms with Crippen molar-refractivity contribution < 1.29 is 24.2 Å². The van der Waals surface area contributed by atoms with Crippen molar-refractivity contribution in [1.29, 1.82) is 0 Å². The number of esters is 1. The van der Waals surface area contributed by atoms with Gasteiger partial charge >= 0.3 is 5.97 Å². The van der Waals surface area contributed by atoms with E-state index in [-0.39, 0.29) is 17.2 Å². The normalized spacial score (nSPS) is 12.7. The third kappa shape index (κ3) is 4.99. The van der Waals surface area contributed by atoms with Gasteiger partial charge in [0, 0.05) is 12.6 Å². The van der Waals surface area contributed by atoms with Crippen molar-refractivity contribution >= 4 is 11.9 Å². The number of benzene rings is 2. The third-order valence-electron chi connectivity index (χ3n) is 4.03. The number of phenolic OH excluding ortho intramolecular Hbond substituents is 1. The van der Waals surface area contributed by atoms with E-state index < -0.39 is 18.0 Å². The first kappa shape index (κ1) is 19.3. The van der Waals surface area contributed by atoms with Crippen molar-refractivity contribution in [2.75, 3.05) is 13.7 Å². The van der Waals surface area contributed by atoms with E-state index in [1.165, 1.54) is 32.2 Å². The number of nitrogens with one attached hydrogen (secondary N) is 1. The molecule has 0 bridgehead atoms. The number of carbonyl (C=O) groups excluding carboxylic acids is 2. The Bertz CT molecular complexity index is 760. The van der Waals surface area contributed by atoms with E-state index in [0.29, 0.717) is 12.3 Å². The molecule has 2 atom stereocenters. The molecular formula is C20H23NO5. The van der Waals surface area contributed by atoms with Crippen molar-refractivity contribution in [1.82, 2.24) is 5.32 Å². The van der Waals surface area contributed by atoms with Crippen LogP contribution in [0.4, 0.5) is 0 Å². The van der Waals surface area contributed by atoms with Crippen LogP contribution in [0.2, 0.25) is 0 Å². The predicted molar refractivity (Wildman–Crippen MR) is 97.4 cm³/mol. The van der Waals surface area contributed by atoms with Crippen molar-refractivity contribution in [3.8, 4) is 11.5 Å². The lowest BCUT2D eigenvalue weighted by molar-refractivity contribution is -0.129. The Labute approximate surface area is 152 Å². The molecule has 26 heavy (non-hydrogen) atoms. The van der Waals surface area contributed by atoms with Crippen LogP contribution in [0.3, 0.4) is 0 Å². The van der Waals surface area contributed by atoms with Gasteiger partial charge in [-0.25, -0.2) is 4.79 Å². The third-order valence-corrected chi connectivity index (χ3v) is 4.03. The van der Waals surface area contributed by atoms with Gasteiger partial charge in [0.05, 0.1) is 7.11 Å². The van der Waals surface area contributed by atoms with Crippen LogP contribution < -0.4 is 10.1 Å². The second-order valence-electron chi connectivity index (χ2n) is 5.99. The molecule has 0 saturated carbocycles. The average Bonchev–Trinajstić information content (AvgIpc) is 2.66. The molecule has 6 heteroatoms.